The van der Waals surface area contributed by atoms with Gasteiger partial charge in [0.2, 0.25) is 11.8 Å². The summed E-state index contributed by atoms with van der Waals surface area (Å²) in [5.74, 6) is -3.48. The molecule has 0 spiro atoms. The topological polar surface area (TPSA) is 157 Å². The number of benzene rings is 2. The van der Waals surface area contributed by atoms with Gasteiger partial charge in [0.15, 0.2) is 0 Å². The first-order chi connectivity index (χ1) is 14.3. The highest BCUT2D eigenvalue weighted by Crippen LogP contribution is 2.15. The van der Waals surface area contributed by atoms with E-state index < -0.39 is 29.5 Å². The molecule has 0 radical (unpaired) electrons. The lowest BCUT2D eigenvalue weighted by Crippen LogP contribution is -2.44. The molecule has 0 saturated carbocycles. The summed E-state index contributed by atoms with van der Waals surface area (Å²) in [6, 6.07) is 11.7. The molecule has 0 aliphatic carbocycles. The molecule has 2 rings (SSSR count). The molecule has 0 aromatic heterocycles. The Labute approximate surface area is 172 Å². The molecular formula is C20H22N4O6. The average molecular weight is 414 g/mol. The van der Waals surface area contributed by atoms with Crippen molar-refractivity contribution in [2.45, 2.75) is 19.8 Å². The summed E-state index contributed by atoms with van der Waals surface area (Å²) < 4.78 is 0. The van der Waals surface area contributed by atoms with Crippen LogP contribution in [-0.4, -0.2) is 33.8 Å². The Bertz CT molecular complexity index is 946. The van der Waals surface area contributed by atoms with Gasteiger partial charge in [0.05, 0.1) is 11.1 Å². The van der Waals surface area contributed by atoms with E-state index >= 15 is 0 Å². The highest BCUT2D eigenvalue weighted by Gasteiger charge is 2.17. The van der Waals surface area contributed by atoms with Crippen LogP contribution >= 0.6 is 0 Å². The molecular weight excluding hydrogens is 392 g/mol. The van der Waals surface area contributed by atoms with E-state index in [9.17, 15) is 29.4 Å². The molecule has 0 aliphatic rings. The van der Waals surface area contributed by atoms with E-state index in [0.29, 0.717) is 0 Å². The molecule has 10 heteroatoms. The maximum atomic E-state index is 12.0. The van der Waals surface area contributed by atoms with E-state index in [1.54, 1.807) is 31.2 Å². The second kappa shape index (κ2) is 10.5. The predicted octanol–water partition coefficient (Wildman–Crippen LogP) is 0.736. The minimum absolute atomic E-state index is 0.00465. The molecule has 4 amide bonds. The maximum Gasteiger partial charge on any atom is 0.273 e. The Morgan fingerprint density at radius 1 is 0.767 bits per heavy atom. The first-order valence-electron chi connectivity index (χ1n) is 9.05. The lowest BCUT2D eigenvalue weighted by atomic mass is 10.1. The minimum Gasteiger partial charge on any atom is -0.507 e. The first-order valence-corrected chi connectivity index (χ1v) is 9.05. The predicted molar refractivity (Wildman–Crippen MR) is 106 cm³/mol. The molecule has 10 nitrogen and oxygen atoms in total. The summed E-state index contributed by atoms with van der Waals surface area (Å²) in [6.07, 6.45) is 0.0830. The Balaban J connectivity index is 1.72. The van der Waals surface area contributed by atoms with Crippen LogP contribution in [0.1, 0.15) is 40.5 Å². The summed E-state index contributed by atoms with van der Waals surface area (Å²) in [6.45, 7) is 1.56. The number of para-hydroxylation sites is 2. The molecule has 0 saturated heterocycles. The van der Waals surface area contributed by atoms with Gasteiger partial charge in [0.25, 0.3) is 11.8 Å². The number of phenolic OH excluding ortho intramolecular Hbond substituents is 2. The number of nitrogens with one attached hydrogen (secondary N) is 4. The molecule has 30 heavy (non-hydrogen) atoms. The molecule has 0 fully saturated rings. The van der Waals surface area contributed by atoms with Gasteiger partial charge in [-0.15, -0.1) is 0 Å². The number of hydrazine groups is 2. The number of phenols is 2. The van der Waals surface area contributed by atoms with E-state index in [1.165, 1.54) is 24.3 Å². The standard InChI is InChI=1S/C20H22N4O6/c1-12(18(28)22-24-20(30)14-7-3-5-9-16(14)26)10-11-17(27)21-23-19(29)13-6-2-4-8-15(13)25/h2-9,12,25-26H,10-11H2,1H3,(H,21,27)(H,22,28)(H,23,29)(H,24,30). The van der Waals surface area contributed by atoms with Gasteiger partial charge in [-0.3, -0.25) is 40.9 Å². The first kappa shape index (κ1) is 22.2. The van der Waals surface area contributed by atoms with Gasteiger partial charge >= 0.3 is 0 Å². The van der Waals surface area contributed by atoms with Gasteiger partial charge in [0, 0.05) is 12.3 Å². The summed E-state index contributed by atoms with van der Waals surface area (Å²) in [4.78, 5) is 47.7. The van der Waals surface area contributed by atoms with Crippen LogP contribution < -0.4 is 21.7 Å². The normalized spacial score (nSPS) is 11.1. The Kier molecular flexibility index (Phi) is 7.74. The van der Waals surface area contributed by atoms with Crippen molar-refractivity contribution < 1.29 is 29.4 Å². The van der Waals surface area contributed by atoms with Gasteiger partial charge in [-0.05, 0) is 30.7 Å². The van der Waals surface area contributed by atoms with Crippen LogP contribution in [0.2, 0.25) is 0 Å². The molecule has 158 valence electrons. The number of rotatable bonds is 6. The van der Waals surface area contributed by atoms with Crippen LogP contribution in [-0.2, 0) is 9.59 Å². The molecule has 1 unspecified atom stereocenters. The summed E-state index contributed by atoms with van der Waals surface area (Å²) >= 11 is 0. The zero-order chi connectivity index (χ0) is 22.1. The monoisotopic (exact) mass is 414 g/mol. The van der Waals surface area contributed by atoms with Gasteiger partial charge in [0.1, 0.15) is 11.5 Å². The smallest absolute Gasteiger partial charge is 0.273 e. The number of hydrogen-bond acceptors (Lipinski definition) is 6. The quantitative estimate of drug-likeness (QED) is 0.383. The molecule has 2 aromatic carbocycles. The van der Waals surface area contributed by atoms with Crippen molar-refractivity contribution in [3.8, 4) is 11.5 Å². The van der Waals surface area contributed by atoms with Crippen LogP contribution in [0.15, 0.2) is 48.5 Å². The van der Waals surface area contributed by atoms with Crippen LogP contribution in [0.4, 0.5) is 0 Å². The fraction of sp³-hybridized carbons (Fsp3) is 0.200. The number of hydrogen-bond donors (Lipinski definition) is 6. The van der Waals surface area contributed by atoms with Crippen molar-refractivity contribution in [2.24, 2.45) is 5.92 Å². The second-order valence-corrected chi connectivity index (χ2v) is 6.42. The van der Waals surface area contributed by atoms with Gasteiger partial charge in [-0.1, -0.05) is 31.2 Å². The fourth-order valence-corrected chi connectivity index (χ4v) is 2.38. The lowest BCUT2D eigenvalue weighted by molar-refractivity contribution is -0.126. The zero-order valence-corrected chi connectivity index (χ0v) is 16.1. The number of carbonyl (C=O) groups excluding carboxylic acids is 4. The average Bonchev–Trinajstić information content (AvgIpc) is 2.74. The van der Waals surface area contributed by atoms with Crippen molar-refractivity contribution in [2.75, 3.05) is 0 Å². The van der Waals surface area contributed by atoms with Crippen molar-refractivity contribution in [1.29, 1.82) is 0 Å². The Hall–Kier alpha value is -4.08. The van der Waals surface area contributed by atoms with Crippen molar-refractivity contribution in [1.82, 2.24) is 21.7 Å². The molecule has 0 heterocycles. The van der Waals surface area contributed by atoms with Crippen molar-refractivity contribution >= 4 is 23.6 Å². The molecule has 6 N–H and O–H groups in total. The van der Waals surface area contributed by atoms with Gasteiger partial charge in [-0.2, -0.15) is 0 Å². The molecule has 2 aromatic rings. The van der Waals surface area contributed by atoms with E-state index in [4.69, 9.17) is 0 Å². The van der Waals surface area contributed by atoms with Gasteiger partial charge < -0.3 is 10.2 Å². The minimum atomic E-state index is -0.682. The third-order valence-corrected chi connectivity index (χ3v) is 4.16. The lowest BCUT2D eigenvalue weighted by Gasteiger charge is -2.13. The largest absolute Gasteiger partial charge is 0.507 e. The van der Waals surface area contributed by atoms with Crippen LogP contribution in [0.3, 0.4) is 0 Å². The summed E-state index contributed by atoms with van der Waals surface area (Å²) in [7, 11) is 0. The third-order valence-electron chi connectivity index (χ3n) is 4.16. The molecule has 0 aliphatic heterocycles. The fourth-order valence-electron chi connectivity index (χ4n) is 2.38. The second-order valence-electron chi connectivity index (χ2n) is 6.42. The number of carbonyl (C=O) groups is 4. The van der Waals surface area contributed by atoms with E-state index in [-0.39, 0.29) is 35.5 Å². The highest BCUT2D eigenvalue weighted by molar-refractivity contribution is 5.98. The Morgan fingerprint density at radius 3 is 1.73 bits per heavy atom. The molecule has 0 bridgehead atoms. The van der Waals surface area contributed by atoms with Crippen molar-refractivity contribution in [3.05, 3.63) is 59.7 Å². The summed E-state index contributed by atoms with van der Waals surface area (Å²) in [5.41, 5.74) is 8.81. The van der Waals surface area contributed by atoms with Crippen LogP contribution in [0, 0.1) is 5.92 Å². The highest BCUT2D eigenvalue weighted by atomic mass is 16.3. The zero-order valence-electron chi connectivity index (χ0n) is 16.1. The molecule has 1 atom stereocenters. The summed E-state index contributed by atoms with van der Waals surface area (Å²) in [5, 5.41) is 19.2. The number of amides is 4. The SMILES string of the molecule is CC(CCC(=O)NNC(=O)c1ccccc1O)C(=O)NNC(=O)c1ccccc1O. The van der Waals surface area contributed by atoms with Gasteiger partial charge in [-0.25, -0.2) is 0 Å². The van der Waals surface area contributed by atoms with E-state index in [0.717, 1.165) is 0 Å². The van der Waals surface area contributed by atoms with E-state index in [1.807, 2.05) is 0 Å². The number of aromatic hydroxyl groups is 2. The van der Waals surface area contributed by atoms with Crippen molar-refractivity contribution in [3.63, 3.8) is 0 Å². The maximum absolute atomic E-state index is 12.0. The van der Waals surface area contributed by atoms with Crippen LogP contribution in [0.5, 0.6) is 11.5 Å². The third kappa shape index (κ3) is 6.23. The van der Waals surface area contributed by atoms with Crippen LogP contribution in [0.25, 0.3) is 0 Å². The Morgan fingerprint density at radius 2 is 1.23 bits per heavy atom. The van der Waals surface area contributed by atoms with E-state index in [2.05, 4.69) is 21.7 Å².